The average molecular weight is 292 g/mol. The van der Waals surface area contributed by atoms with Crippen molar-refractivity contribution in [2.45, 2.75) is 13.2 Å². The van der Waals surface area contributed by atoms with E-state index in [0.29, 0.717) is 17.0 Å². The molecular weight excluding hydrogens is 276 g/mol. The van der Waals surface area contributed by atoms with Crippen LogP contribution in [0.5, 0.6) is 11.5 Å². The van der Waals surface area contributed by atoms with Crippen molar-refractivity contribution in [1.29, 1.82) is 0 Å². The molecule has 0 aliphatic rings. The monoisotopic (exact) mass is 292 g/mol. The fraction of sp³-hybridized carbons (Fsp3) is 0.308. The number of nitrogens with two attached hydrogens (primary N) is 1. The van der Waals surface area contributed by atoms with Gasteiger partial charge in [-0.1, -0.05) is 0 Å². The number of hydrogen-bond acceptors (Lipinski definition) is 6. The predicted octanol–water partition coefficient (Wildman–Crippen LogP) is 1.37. The van der Waals surface area contributed by atoms with Crippen LogP contribution >= 0.6 is 0 Å². The van der Waals surface area contributed by atoms with Crippen molar-refractivity contribution in [2.24, 2.45) is 12.8 Å². The van der Waals surface area contributed by atoms with Gasteiger partial charge in [0.25, 0.3) is 5.69 Å². The highest BCUT2D eigenvalue weighted by Gasteiger charge is 2.19. The molecule has 0 fully saturated rings. The highest BCUT2D eigenvalue weighted by Crippen LogP contribution is 2.34. The van der Waals surface area contributed by atoms with Gasteiger partial charge in [0.15, 0.2) is 11.5 Å². The van der Waals surface area contributed by atoms with Crippen LogP contribution in [0.4, 0.5) is 5.69 Å². The Morgan fingerprint density at radius 1 is 1.43 bits per heavy atom. The second kappa shape index (κ2) is 6.23. The van der Waals surface area contributed by atoms with E-state index in [1.807, 2.05) is 0 Å². The number of methoxy groups -OCH3 is 1. The average Bonchev–Trinajstić information content (AvgIpc) is 2.89. The van der Waals surface area contributed by atoms with Crippen LogP contribution in [-0.4, -0.2) is 21.8 Å². The molecule has 2 aromatic rings. The molecule has 21 heavy (non-hydrogen) atoms. The van der Waals surface area contributed by atoms with E-state index in [0.717, 1.165) is 0 Å². The molecule has 0 bridgehead atoms. The molecule has 1 heterocycles. The number of nitro benzene ring substituents is 1. The third kappa shape index (κ3) is 3.29. The largest absolute Gasteiger partial charge is 0.493 e. The number of rotatable bonds is 6. The van der Waals surface area contributed by atoms with E-state index in [-0.39, 0.29) is 24.6 Å². The van der Waals surface area contributed by atoms with Gasteiger partial charge in [-0.25, -0.2) is 0 Å². The van der Waals surface area contributed by atoms with Gasteiger partial charge >= 0.3 is 0 Å². The number of nitrogens with zero attached hydrogens (tertiary/aromatic N) is 3. The Morgan fingerprint density at radius 2 is 2.19 bits per heavy atom. The lowest BCUT2D eigenvalue weighted by atomic mass is 10.1. The van der Waals surface area contributed by atoms with Crippen LogP contribution in [0, 0.1) is 10.1 Å². The lowest BCUT2D eigenvalue weighted by Crippen LogP contribution is -2.05. The van der Waals surface area contributed by atoms with Crippen molar-refractivity contribution in [1.82, 2.24) is 9.78 Å². The first-order valence-corrected chi connectivity index (χ1v) is 6.22. The summed E-state index contributed by atoms with van der Waals surface area (Å²) in [5.41, 5.74) is 6.53. The molecule has 0 saturated heterocycles. The van der Waals surface area contributed by atoms with Crippen LogP contribution in [0.25, 0.3) is 0 Å². The minimum absolute atomic E-state index is 0.0488. The van der Waals surface area contributed by atoms with Crippen molar-refractivity contribution in [3.63, 3.8) is 0 Å². The summed E-state index contributed by atoms with van der Waals surface area (Å²) in [6.07, 6.45) is 1.79. The lowest BCUT2D eigenvalue weighted by molar-refractivity contribution is -0.385. The summed E-state index contributed by atoms with van der Waals surface area (Å²) < 4.78 is 12.4. The molecule has 0 amide bonds. The molecule has 0 aliphatic heterocycles. The molecule has 0 unspecified atom stereocenters. The topological polar surface area (TPSA) is 105 Å². The number of aryl methyl sites for hydroxylation is 1. The number of nitro groups is 1. The van der Waals surface area contributed by atoms with Crippen molar-refractivity contribution in [3.05, 3.63) is 45.8 Å². The zero-order chi connectivity index (χ0) is 15.4. The molecule has 1 aromatic heterocycles. The molecule has 1 aromatic carbocycles. The Morgan fingerprint density at radius 3 is 2.71 bits per heavy atom. The lowest BCUT2D eigenvalue weighted by Gasteiger charge is -2.11. The van der Waals surface area contributed by atoms with Crippen LogP contribution in [-0.2, 0) is 20.2 Å². The maximum absolute atomic E-state index is 11.0. The summed E-state index contributed by atoms with van der Waals surface area (Å²) in [4.78, 5) is 10.6. The molecule has 0 radical (unpaired) electrons. The number of hydrogen-bond donors (Lipinski definition) is 1. The van der Waals surface area contributed by atoms with Crippen LogP contribution in [0.1, 0.15) is 11.3 Å². The van der Waals surface area contributed by atoms with E-state index in [9.17, 15) is 10.1 Å². The predicted molar refractivity (Wildman–Crippen MR) is 75.1 cm³/mol. The molecule has 0 saturated carbocycles. The minimum atomic E-state index is -0.491. The van der Waals surface area contributed by atoms with Crippen molar-refractivity contribution < 1.29 is 14.4 Å². The zero-order valence-electron chi connectivity index (χ0n) is 11.8. The zero-order valence-corrected chi connectivity index (χ0v) is 11.8. The molecule has 8 heteroatoms. The van der Waals surface area contributed by atoms with Gasteiger partial charge in [-0.05, 0) is 12.1 Å². The molecule has 112 valence electrons. The second-order valence-corrected chi connectivity index (χ2v) is 4.36. The molecule has 0 atom stereocenters. The Labute approximate surface area is 121 Å². The van der Waals surface area contributed by atoms with E-state index >= 15 is 0 Å². The van der Waals surface area contributed by atoms with E-state index < -0.39 is 4.92 Å². The van der Waals surface area contributed by atoms with Gasteiger partial charge in [-0.2, -0.15) is 5.10 Å². The van der Waals surface area contributed by atoms with Gasteiger partial charge in [0.05, 0.1) is 23.8 Å². The van der Waals surface area contributed by atoms with Gasteiger partial charge in [0.2, 0.25) is 0 Å². The number of benzene rings is 1. The van der Waals surface area contributed by atoms with Crippen molar-refractivity contribution in [3.8, 4) is 11.5 Å². The SMILES string of the molecule is COc1cc(CN)c([N+](=O)[O-])cc1OCc1ccn(C)n1. The molecule has 8 nitrogen and oxygen atoms in total. The fourth-order valence-corrected chi connectivity index (χ4v) is 1.89. The van der Waals surface area contributed by atoms with Gasteiger partial charge in [-0.3, -0.25) is 14.8 Å². The first-order valence-electron chi connectivity index (χ1n) is 6.22. The molecular formula is C13H16N4O4. The van der Waals surface area contributed by atoms with Crippen LogP contribution in [0.3, 0.4) is 0 Å². The van der Waals surface area contributed by atoms with Gasteiger partial charge < -0.3 is 15.2 Å². The summed E-state index contributed by atoms with van der Waals surface area (Å²) in [6.45, 7) is 0.240. The summed E-state index contributed by atoms with van der Waals surface area (Å²) in [5, 5.41) is 15.2. The van der Waals surface area contributed by atoms with Gasteiger partial charge in [-0.15, -0.1) is 0 Å². The van der Waals surface area contributed by atoms with Crippen LogP contribution < -0.4 is 15.2 Å². The number of aromatic nitrogens is 2. The third-order valence-corrected chi connectivity index (χ3v) is 2.93. The Bertz CT molecular complexity index is 654. The normalized spacial score (nSPS) is 10.4. The Hall–Kier alpha value is -2.61. The first-order chi connectivity index (χ1) is 10.0. The van der Waals surface area contributed by atoms with E-state index in [4.69, 9.17) is 15.2 Å². The number of ether oxygens (including phenoxy) is 2. The first kappa shape index (κ1) is 14.8. The fourth-order valence-electron chi connectivity index (χ4n) is 1.89. The van der Waals surface area contributed by atoms with Crippen LogP contribution in [0.2, 0.25) is 0 Å². The van der Waals surface area contributed by atoms with Crippen LogP contribution in [0.15, 0.2) is 24.4 Å². The van der Waals surface area contributed by atoms with Crippen molar-refractivity contribution in [2.75, 3.05) is 7.11 Å². The third-order valence-electron chi connectivity index (χ3n) is 2.93. The van der Waals surface area contributed by atoms with E-state index in [2.05, 4.69) is 5.10 Å². The molecule has 0 spiro atoms. The molecule has 2 rings (SSSR count). The minimum Gasteiger partial charge on any atom is -0.493 e. The smallest absolute Gasteiger partial charge is 0.277 e. The standard InChI is InChI=1S/C13H16N4O4/c1-16-4-3-10(15-16)8-21-13-6-11(17(18)19)9(7-14)5-12(13)20-2/h3-6H,7-8,14H2,1-2H3. The summed E-state index contributed by atoms with van der Waals surface area (Å²) in [5.74, 6) is 0.684. The molecule has 0 aliphatic carbocycles. The van der Waals surface area contributed by atoms with Gasteiger partial charge in [0.1, 0.15) is 6.61 Å². The molecule has 2 N–H and O–H groups in total. The summed E-state index contributed by atoms with van der Waals surface area (Å²) in [6, 6.07) is 4.64. The highest BCUT2D eigenvalue weighted by atomic mass is 16.6. The Balaban J connectivity index is 2.28. The Kier molecular flexibility index (Phi) is 4.39. The maximum atomic E-state index is 11.0. The highest BCUT2D eigenvalue weighted by molar-refractivity contribution is 5.54. The maximum Gasteiger partial charge on any atom is 0.277 e. The van der Waals surface area contributed by atoms with Crippen molar-refractivity contribution >= 4 is 5.69 Å². The quantitative estimate of drug-likeness (QED) is 0.636. The van der Waals surface area contributed by atoms with E-state index in [1.165, 1.54) is 19.2 Å². The summed E-state index contributed by atoms with van der Waals surface area (Å²) >= 11 is 0. The summed E-state index contributed by atoms with van der Waals surface area (Å²) in [7, 11) is 3.26. The van der Waals surface area contributed by atoms with E-state index in [1.54, 1.807) is 24.0 Å². The second-order valence-electron chi connectivity index (χ2n) is 4.36. The van der Waals surface area contributed by atoms with Gasteiger partial charge in [0, 0.05) is 25.4 Å².